The van der Waals surface area contributed by atoms with E-state index in [9.17, 15) is 8.42 Å². The Morgan fingerprint density at radius 2 is 2.20 bits per heavy atom. The van der Waals surface area contributed by atoms with Gasteiger partial charge in [0, 0.05) is 11.1 Å². The van der Waals surface area contributed by atoms with Gasteiger partial charge in [-0.25, -0.2) is 13.1 Å². The van der Waals surface area contributed by atoms with Crippen LogP contribution in [0.5, 0.6) is 0 Å². The molecule has 2 unspecified atom stereocenters. The van der Waals surface area contributed by atoms with E-state index in [-0.39, 0.29) is 23.3 Å². The quantitative estimate of drug-likeness (QED) is 0.886. The fraction of sp³-hybridized carbons (Fsp3) is 0.538. The summed E-state index contributed by atoms with van der Waals surface area (Å²) in [7, 11) is -3.49. The maximum atomic E-state index is 12.2. The molecule has 1 heterocycles. The predicted molar refractivity (Wildman–Crippen MR) is 84.1 cm³/mol. The Hall–Kier alpha value is -0.330. The van der Waals surface area contributed by atoms with Crippen LogP contribution >= 0.6 is 24.0 Å². The van der Waals surface area contributed by atoms with E-state index in [0.29, 0.717) is 10.9 Å². The topological polar surface area (TPSA) is 58.2 Å². The number of halogens is 2. The fourth-order valence-electron chi connectivity index (χ4n) is 2.35. The standard InChI is InChI=1S/C13H19ClN2O2S.ClH/c1-10(11-4-3-7-15-9-11)16-19(17,18)13-6-2-5-12(14)8-13;/h2,5-6,8,10-11,15-16H,3-4,7,9H2,1H3;1H. The van der Waals surface area contributed by atoms with E-state index in [0.717, 1.165) is 25.9 Å². The average molecular weight is 339 g/mol. The van der Waals surface area contributed by atoms with Gasteiger partial charge in [0.25, 0.3) is 0 Å². The van der Waals surface area contributed by atoms with Gasteiger partial charge >= 0.3 is 0 Å². The fourth-order valence-corrected chi connectivity index (χ4v) is 3.96. The lowest BCUT2D eigenvalue weighted by Gasteiger charge is -2.28. The molecule has 20 heavy (non-hydrogen) atoms. The van der Waals surface area contributed by atoms with E-state index < -0.39 is 10.0 Å². The molecule has 2 N–H and O–H groups in total. The minimum absolute atomic E-state index is 0. The van der Waals surface area contributed by atoms with E-state index in [1.165, 1.54) is 6.07 Å². The Labute approximate surface area is 131 Å². The van der Waals surface area contributed by atoms with Gasteiger partial charge in [-0.05, 0) is 57.0 Å². The summed E-state index contributed by atoms with van der Waals surface area (Å²) in [6.45, 7) is 3.79. The van der Waals surface area contributed by atoms with Crippen LogP contribution in [-0.2, 0) is 10.0 Å². The highest BCUT2D eigenvalue weighted by atomic mass is 35.5. The Bertz CT molecular complexity index is 531. The molecule has 7 heteroatoms. The lowest BCUT2D eigenvalue weighted by molar-refractivity contribution is 0.320. The summed E-state index contributed by atoms with van der Waals surface area (Å²) in [5.41, 5.74) is 0. The van der Waals surface area contributed by atoms with Gasteiger partial charge in [-0.15, -0.1) is 12.4 Å². The molecular weight excluding hydrogens is 319 g/mol. The van der Waals surface area contributed by atoms with E-state index in [4.69, 9.17) is 11.6 Å². The van der Waals surface area contributed by atoms with Crippen LogP contribution in [0.25, 0.3) is 0 Å². The van der Waals surface area contributed by atoms with Crippen molar-refractivity contribution in [3.05, 3.63) is 29.3 Å². The largest absolute Gasteiger partial charge is 0.316 e. The highest BCUT2D eigenvalue weighted by Gasteiger charge is 2.25. The molecule has 0 aromatic heterocycles. The first-order valence-corrected chi connectivity index (χ1v) is 8.34. The molecule has 1 aromatic carbocycles. The van der Waals surface area contributed by atoms with Crippen LogP contribution in [0.2, 0.25) is 5.02 Å². The highest BCUT2D eigenvalue weighted by molar-refractivity contribution is 7.89. The van der Waals surface area contributed by atoms with Gasteiger partial charge in [0.2, 0.25) is 10.0 Å². The first-order valence-electron chi connectivity index (χ1n) is 6.47. The second-order valence-corrected chi connectivity index (χ2v) is 7.12. The second kappa shape index (κ2) is 7.61. The third kappa shape index (κ3) is 4.60. The van der Waals surface area contributed by atoms with Crippen LogP contribution in [0, 0.1) is 5.92 Å². The zero-order chi connectivity index (χ0) is 13.9. The summed E-state index contributed by atoms with van der Waals surface area (Å²) in [4.78, 5) is 0.218. The molecule has 1 aliphatic heterocycles. The van der Waals surface area contributed by atoms with Gasteiger partial charge in [0.1, 0.15) is 0 Å². The highest BCUT2D eigenvalue weighted by Crippen LogP contribution is 2.19. The molecule has 0 bridgehead atoms. The Balaban J connectivity index is 0.00000200. The number of hydrogen-bond acceptors (Lipinski definition) is 3. The van der Waals surface area contributed by atoms with Crippen molar-refractivity contribution >= 4 is 34.0 Å². The van der Waals surface area contributed by atoms with E-state index in [1.54, 1.807) is 18.2 Å². The number of hydrogen-bond donors (Lipinski definition) is 2. The van der Waals surface area contributed by atoms with E-state index in [2.05, 4.69) is 10.0 Å². The van der Waals surface area contributed by atoms with Crippen LogP contribution in [0.15, 0.2) is 29.2 Å². The molecule has 0 amide bonds. The van der Waals surface area contributed by atoms with Gasteiger partial charge in [0.05, 0.1) is 4.90 Å². The SMILES string of the molecule is CC(NS(=O)(=O)c1cccc(Cl)c1)C1CCCNC1.Cl. The van der Waals surface area contributed by atoms with Gasteiger partial charge < -0.3 is 5.32 Å². The van der Waals surface area contributed by atoms with Crippen LogP contribution in [-0.4, -0.2) is 27.5 Å². The van der Waals surface area contributed by atoms with Gasteiger partial charge in [0.15, 0.2) is 0 Å². The van der Waals surface area contributed by atoms with Gasteiger partial charge in [-0.2, -0.15) is 0 Å². The van der Waals surface area contributed by atoms with Crippen molar-refractivity contribution in [2.45, 2.75) is 30.7 Å². The lowest BCUT2D eigenvalue weighted by atomic mass is 9.94. The Kier molecular flexibility index (Phi) is 6.75. The maximum absolute atomic E-state index is 12.2. The van der Waals surface area contributed by atoms with Crippen molar-refractivity contribution in [2.75, 3.05) is 13.1 Å². The monoisotopic (exact) mass is 338 g/mol. The first kappa shape index (κ1) is 17.7. The smallest absolute Gasteiger partial charge is 0.240 e. The molecule has 4 nitrogen and oxygen atoms in total. The molecular formula is C13H20Cl2N2O2S. The van der Waals surface area contributed by atoms with Crippen molar-refractivity contribution in [1.82, 2.24) is 10.0 Å². The van der Waals surface area contributed by atoms with Crippen LogP contribution < -0.4 is 10.0 Å². The zero-order valence-electron chi connectivity index (χ0n) is 11.3. The molecule has 1 aromatic rings. The molecule has 2 rings (SSSR count). The predicted octanol–water partition coefficient (Wildman–Crippen LogP) is 2.43. The number of piperidine rings is 1. The van der Waals surface area contributed by atoms with Crippen LogP contribution in [0.1, 0.15) is 19.8 Å². The molecule has 0 aliphatic carbocycles. The normalized spacial score (nSPS) is 21.0. The van der Waals surface area contributed by atoms with Gasteiger partial charge in [-0.3, -0.25) is 0 Å². The molecule has 0 saturated carbocycles. The lowest BCUT2D eigenvalue weighted by Crippen LogP contribution is -2.44. The molecule has 0 spiro atoms. The minimum Gasteiger partial charge on any atom is -0.316 e. The van der Waals surface area contributed by atoms with Crippen molar-refractivity contribution in [3.8, 4) is 0 Å². The summed E-state index contributed by atoms with van der Waals surface area (Å²) in [6, 6.07) is 6.24. The number of benzene rings is 1. The Morgan fingerprint density at radius 1 is 1.45 bits per heavy atom. The number of nitrogens with one attached hydrogen (secondary N) is 2. The number of sulfonamides is 1. The van der Waals surface area contributed by atoms with Crippen LogP contribution in [0.3, 0.4) is 0 Å². The first-order chi connectivity index (χ1) is 8.99. The molecule has 1 saturated heterocycles. The summed E-state index contributed by atoms with van der Waals surface area (Å²) in [6.07, 6.45) is 2.14. The van der Waals surface area contributed by atoms with Crippen molar-refractivity contribution in [1.29, 1.82) is 0 Å². The number of rotatable bonds is 4. The van der Waals surface area contributed by atoms with Crippen molar-refractivity contribution < 1.29 is 8.42 Å². The second-order valence-electron chi connectivity index (χ2n) is 4.97. The molecule has 1 fully saturated rings. The van der Waals surface area contributed by atoms with Crippen molar-refractivity contribution in [2.24, 2.45) is 5.92 Å². The maximum Gasteiger partial charge on any atom is 0.240 e. The minimum atomic E-state index is -3.49. The zero-order valence-corrected chi connectivity index (χ0v) is 13.7. The molecule has 2 atom stereocenters. The summed E-state index contributed by atoms with van der Waals surface area (Å²) < 4.78 is 27.2. The summed E-state index contributed by atoms with van der Waals surface area (Å²) >= 11 is 5.83. The third-order valence-corrected chi connectivity index (χ3v) is 5.28. The third-order valence-electron chi connectivity index (χ3n) is 3.49. The van der Waals surface area contributed by atoms with E-state index in [1.807, 2.05) is 6.92 Å². The summed E-state index contributed by atoms with van der Waals surface area (Å²) in [5, 5.41) is 3.72. The van der Waals surface area contributed by atoms with E-state index >= 15 is 0 Å². The van der Waals surface area contributed by atoms with Crippen LogP contribution in [0.4, 0.5) is 0 Å². The molecule has 0 radical (unpaired) electrons. The molecule has 1 aliphatic rings. The van der Waals surface area contributed by atoms with Crippen molar-refractivity contribution in [3.63, 3.8) is 0 Å². The summed E-state index contributed by atoms with van der Waals surface area (Å²) in [5.74, 6) is 0.336. The molecule has 114 valence electrons. The average Bonchev–Trinajstić information content (AvgIpc) is 2.39. The Morgan fingerprint density at radius 3 is 2.80 bits per heavy atom. The van der Waals surface area contributed by atoms with Gasteiger partial charge in [-0.1, -0.05) is 17.7 Å².